The van der Waals surface area contributed by atoms with Crippen molar-refractivity contribution < 1.29 is 9.53 Å². The van der Waals surface area contributed by atoms with Gasteiger partial charge in [-0.3, -0.25) is 4.79 Å². The number of fused-ring (bicyclic) bond motifs is 5. The second-order valence-electron chi connectivity index (χ2n) is 4.02. The number of nitrogens with zero attached hydrogens (tertiary/aromatic N) is 1. The highest BCUT2D eigenvalue weighted by atomic mass is 16.5. The van der Waals surface area contributed by atoms with Crippen molar-refractivity contribution in [1.29, 1.82) is 0 Å². The van der Waals surface area contributed by atoms with Gasteiger partial charge >= 0.3 is 0 Å². The van der Waals surface area contributed by atoms with E-state index in [-0.39, 0.29) is 18.1 Å². The van der Waals surface area contributed by atoms with Crippen LogP contribution in [0.15, 0.2) is 12.2 Å². The van der Waals surface area contributed by atoms with Crippen LogP contribution in [0.1, 0.15) is 6.92 Å². The Balaban J connectivity index is 1.92. The number of carbonyl (C=O) groups excluding carboxylic acids is 1. The smallest absolute Gasteiger partial charge is 0.229 e. The van der Waals surface area contributed by atoms with Gasteiger partial charge in [-0.1, -0.05) is 12.2 Å². The van der Waals surface area contributed by atoms with E-state index in [0.717, 1.165) is 13.1 Å². The van der Waals surface area contributed by atoms with Gasteiger partial charge in [0, 0.05) is 19.0 Å². The molecule has 3 aliphatic rings. The molecule has 3 nitrogen and oxygen atoms in total. The normalized spacial score (nSPS) is 46.2. The lowest BCUT2D eigenvalue weighted by atomic mass is 9.86. The van der Waals surface area contributed by atoms with Gasteiger partial charge in [-0.25, -0.2) is 0 Å². The largest absolute Gasteiger partial charge is 0.366 e. The maximum atomic E-state index is 11.8. The van der Waals surface area contributed by atoms with E-state index >= 15 is 0 Å². The maximum Gasteiger partial charge on any atom is 0.229 e. The molecule has 3 heteroatoms. The molecule has 0 radical (unpaired) electrons. The molecule has 0 aliphatic carbocycles. The van der Waals surface area contributed by atoms with E-state index in [1.54, 1.807) is 0 Å². The summed E-state index contributed by atoms with van der Waals surface area (Å²) in [5.41, 5.74) is 0. The lowest BCUT2D eigenvalue weighted by molar-refractivity contribution is -0.132. The molecule has 4 atom stereocenters. The summed E-state index contributed by atoms with van der Waals surface area (Å²) in [6.07, 6.45) is 4.45. The second kappa shape index (κ2) is 2.35. The first-order valence-corrected chi connectivity index (χ1v) is 4.94. The molecule has 0 saturated carbocycles. The molecule has 1 amide bonds. The molecular weight excluding hydrogens is 166 g/mol. The Labute approximate surface area is 77.4 Å². The van der Waals surface area contributed by atoms with E-state index < -0.39 is 0 Å². The second-order valence-corrected chi connectivity index (χ2v) is 4.02. The molecule has 3 heterocycles. The molecule has 0 aromatic rings. The number of amides is 1. The quantitative estimate of drug-likeness (QED) is 0.546. The molecule has 3 rings (SSSR count). The minimum Gasteiger partial charge on any atom is -0.366 e. The van der Waals surface area contributed by atoms with E-state index in [4.69, 9.17) is 4.74 Å². The Bertz CT molecular complexity index is 287. The van der Waals surface area contributed by atoms with E-state index in [2.05, 4.69) is 6.08 Å². The van der Waals surface area contributed by atoms with E-state index in [1.807, 2.05) is 17.9 Å². The summed E-state index contributed by atoms with van der Waals surface area (Å²) in [5.74, 6) is 0.863. The molecular formula is C10H13NO2. The molecule has 0 spiro atoms. The number of rotatable bonds is 1. The zero-order valence-electron chi connectivity index (χ0n) is 7.64. The summed E-state index contributed by atoms with van der Waals surface area (Å²) < 4.78 is 5.64. The predicted molar refractivity (Wildman–Crippen MR) is 47.0 cm³/mol. The van der Waals surface area contributed by atoms with Crippen LogP contribution in [-0.4, -0.2) is 36.1 Å². The van der Waals surface area contributed by atoms with Crippen LogP contribution in [0.5, 0.6) is 0 Å². The fourth-order valence-electron chi connectivity index (χ4n) is 2.77. The van der Waals surface area contributed by atoms with Crippen LogP contribution in [-0.2, 0) is 9.53 Å². The highest BCUT2D eigenvalue weighted by molar-refractivity contribution is 5.83. The van der Waals surface area contributed by atoms with Crippen LogP contribution in [0.3, 0.4) is 0 Å². The molecule has 2 bridgehead atoms. The highest BCUT2D eigenvalue weighted by Crippen LogP contribution is 2.43. The van der Waals surface area contributed by atoms with Crippen LogP contribution < -0.4 is 0 Å². The molecule has 0 N–H and O–H groups in total. The van der Waals surface area contributed by atoms with Crippen LogP contribution >= 0.6 is 0 Å². The van der Waals surface area contributed by atoms with E-state index in [9.17, 15) is 4.79 Å². The minimum atomic E-state index is 0.0825. The molecule has 0 aromatic heterocycles. The summed E-state index contributed by atoms with van der Waals surface area (Å²) >= 11 is 0. The summed E-state index contributed by atoms with van der Waals surface area (Å²) in [4.78, 5) is 13.8. The topological polar surface area (TPSA) is 29.5 Å². The molecule has 70 valence electrons. The number of likely N-dealkylation sites (tertiary alicyclic amines) is 1. The monoisotopic (exact) mass is 179 g/mol. The third kappa shape index (κ3) is 0.804. The van der Waals surface area contributed by atoms with E-state index in [0.29, 0.717) is 11.8 Å². The Morgan fingerprint density at radius 1 is 1.54 bits per heavy atom. The van der Waals surface area contributed by atoms with Crippen molar-refractivity contribution >= 4 is 5.91 Å². The van der Waals surface area contributed by atoms with Gasteiger partial charge in [0.15, 0.2) is 0 Å². The lowest BCUT2D eigenvalue weighted by Crippen LogP contribution is -2.30. The van der Waals surface area contributed by atoms with Gasteiger partial charge in [0.05, 0.1) is 18.1 Å². The molecule has 0 aromatic carbocycles. The van der Waals surface area contributed by atoms with Gasteiger partial charge in [-0.15, -0.1) is 0 Å². The fourth-order valence-corrected chi connectivity index (χ4v) is 2.77. The molecule has 4 unspecified atom stereocenters. The zero-order chi connectivity index (χ0) is 9.00. The summed E-state index contributed by atoms with van der Waals surface area (Å²) in [5, 5.41) is 0. The molecule has 13 heavy (non-hydrogen) atoms. The Morgan fingerprint density at radius 2 is 2.31 bits per heavy atom. The van der Waals surface area contributed by atoms with Gasteiger partial charge in [-0.05, 0) is 6.92 Å². The number of ether oxygens (including phenoxy) is 1. The van der Waals surface area contributed by atoms with Crippen molar-refractivity contribution in [2.75, 3.05) is 13.1 Å². The molecule has 2 saturated heterocycles. The third-order valence-corrected chi connectivity index (χ3v) is 3.45. The Hall–Kier alpha value is -0.830. The minimum absolute atomic E-state index is 0.0825. The van der Waals surface area contributed by atoms with Gasteiger partial charge in [-0.2, -0.15) is 0 Å². The zero-order valence-corrected chi connectivity index (χ0v) is 7.64. The third-order valence-electron chi connectivity index (χ3n) is 3.45. The SMILES string of the molecule is CCN1CC2C3C=CC(O3)C2C1=O. The first kappa shape index (κ1) is 7.56. The van der Waals surface area contributed by atoms with Gasteiger partial charge in [0.2, 0.25) is 5.91 Å². The van der Waals surface area contributed by atoms with Gasteiger partial charge < -0.3 is 9.64 Å². The molecule has 3 aliphatic heterocycles. The maximum absolute atomic E-state index is 11.8. The standard InChI is InChI=1S/C10H13NO2/c1-2-11-5-6-7-3-4-8(13-7)9(6)10(11)12/h3-4,6-9H,2,5H2,1H3. The van der Waals surface area contributed by atoms with Gasteiger partial charge in [0.25, 0.3) is 0 Å². The van der Waals surface area contributed by atoms with Crippen molar-refractivity contribution in [3.8, 4) is 0 Å². The van der Waals surface area contributed by atoms with Crippen molar-refractivity contribution in [2.24, 2.45) is 11.8 Å². The first-order valence-electron chi connectivity index (χ1n) is 4.94. The number of hydrogen-bond donors (Lipinski definition) is 0. The van der Waals surface area contributed by atoms with Gasteiger partial charge in [0.1, 0.15) is 0 Å². The van der Waals surface area contributed by atoms with Crippen LogP contribution in [0, 0.1) is 11.8 Å². The lowest BCUT2D eigenvalue weighted by Gasteiger charge is -2.16. The fraction of sp³-hybridized carbons (Fsp3) is 0.700. The number of carbonyl (C=O) groups is 1. The van der Waals surface area contributed by atoms with E-state index in [1.165, 1.54) is 0 Å². The predicted octanol–water partition coefficient (Wildman–Crippen LogP) is 0.418. The average Bonchev–Trinajstić information content (AvgIpc) is 2.76. The highest BCUT2D eigenvalue weighted by Gasteiger charge is 2.55. The van der Waals surface area contributed by atoms with Crippen LogP contribution in [0.4, 0.5) is 0 Å². The molecule has 2 fully saturated rings. The van der Waals surface area contributed by atoms with Crippen molar-refractivity contribution in [3.63, 3.8) is 0 Å². The average molecular weight is 179 g/mol. The van der Waals surface area contributed by atoms with Crippen LogP contribution in [0.2, 0.25) is 0 Å². The van der Waals surface area contributed by atoms with Crippen molar-refractivity contribution in [3.05, 3.63) is 12.2 Å². The van der Waals surface area contributed by atoms with Crippen LogP contribution in [0.25, 0.3) is 0 Å². The summed E-state index contributed by atoms with van der Waals surface area (Å²) in [7, 11) is 0. The summed E-state index contributed by atoms with van der Waals surface area (Å²) in [6, 6.07) is 0. The number of hydrogen-bond acceptors (Lipinski definition) is 2. The van der Waals surface area contributed by atoms with Crippen molar-refractivity contribution in [2.45, 2.75) is 19.1 Å². The Kier molecular flexibility index (Phi) is 1.37. The Morgan fingerprint density at radius 3 is 3.00 bits per heavy atom. The summed E-state index contributed by atoms with van der Waals surface area (Å²) in [6.45, 7) is 3.77. The van der Waals surface area contributed by atoms with Crippen molar-refractivity contribution in [1.82, 2.24) is 4.90 Å². The first-order chi connectivity index (χ1) is 6.31.